The van der Waals surface area contributed by atoms with E-state index in [1.54, 1.807) is 0 Å². The second-order valence-electron chi connectivity index (χ2n) is 8.27. The lowest BCUT2D eigenvalue weighted by Gasteiger charge is -2.35. The monoisotopic (exact) mass is 381 g/mol. The average molecular weight is 382 g/mol. The van der Waals surface area contributed by atoms with Crippen LogP contribution in [0.4, 0.5) is 0 Å². The van der Waals surface area contributed by atoms with E-state index in [1.165, 1.54) is 38.5 Å². The van der Waals surface area contributed by atoms with Crippen molar-refractivity contribution in [3.05, 3.63) is 0 Å². The smallest absolute Gasteiger partial charge is 0.242 e. The van der Waals surface area contributed by atoms with Gasteiger partial charge in [0.25, 0.3) is 0 Å². The number of unbranched alkanes of at least 4 members (excludes halogenated alkanes) is 7. The molecular weight excluding hydrogens is 338 g/mol. The third-order valence-corrected chi connectivity index (χ3v) is 5.45. The molecule has 1 rings (SSSR count). The Labute approximate surface area is 167 Å². The summed E-state index contributed by atoms with van der Waals surface area (Å²) in [6.07, 6.45) is 14.3. The fourth-order valence-corrected chi connectivity index (χ4v) is 3.78. The third-order valence-electron chi connectivity index (χ3n) is 5.45. The quantitative estimate of drug-likeness (QED) is 0.463. The number of amides is 2. The molecule has 0 aromatic carbocycles. The molecule has 0 aromatic heterocycles. The minimum Gasteiger partial charge on any atom is -0.354 e. The van der Waals surface area contributed by atoms with E-state index in [9.17, 15) is 9.59 Å². The van der Waals surface area contributed by atoms with Gasteiger partial charge in [0, 0.05) is 19.5 Å². The summed E-state index contributed by atoms with van der Waals surface area (Å²) >= 11 is 0. The highest BCUT2D eigenvalue weighted by Gasteiger charge is 2.31. The second kappa shape index (κ2) is 14.9. The zero-order valence-electron chi connectivity index (χ0n) is 18.1. The van der Waals surface area contributed by atoms with E-state index in [0.717, 1.165) is 51.6 Å². The molecule has 5 heteroatoms. The molecule has 0 saturated carbocycles. The normalized spacial score (nSPS) is 17.3. The predicted molar refractivity (Wildman–Crippen MR) is 113 cm³/mol. The van der Waals surface area contributed by atoms with Crippen LogP contribution in [0.5, 0.6) is 0 Å². The fraction of sp³-hybridized carbons (Fsp3) is 0.909. The van der Waals surface area contributed by atoms with E-state index >= 15 is 0 Å². The molecule has 0 spiro atoms. The SMILES string of the molecule is CCCCCCCCCCC(=O)N1CCCCC1C(=O)NCCCN(C)C. The molecule has 0 aliphatic carbocycles. The molecule has 2 amide bonds. The van der Waals surface area contributed by atoms with E-state index in [4.69, 9.17) is 0 Å². The molecule has 158 valence electrons. The summed E-state index contributed by atoms with van der Waals surface area (Å²) in [4.78, 5) is 29.2. The van der Waals surface area contributed by atoms with Crippen molar-refractivity contribution in [3.63, 3.8) is 0 Å². The Morgan fingerprint density at radius 3 is 2.30 bits per heavy atom. The molecule has 5 nitrogen and oxygen atoms in total. The number of hydrogen-bond acceptors (Lipinski definition) is 3. The molecular formula is C22H43N3O2. The number of likely N-dealkylation sites (tertiary alicyclic amines) is 1. The molecule has 0 radical (unpaired) electrons. The Bertz CT molecular complexity index is 412. The molecule has 1 heterocycles. The zero-order chi connectivity index (χ0) is 19.9. The summed E-state index contributed by atoms with van der Waals surface area (Å²) in [7, 11) is 4.07. The van der Waals surface area contributed by atoms with Crippen molar-refractivity contribution in [1.82, 2.24) is 15.1 Å². The van der Waals surface area contributed by atoms with Crippen molar-refractivity contribution >= 4 is 11.8 Å². The van der Waals surface area contributed by atoms with Crippen LogP contribution in [-0.4, -0.2) is 61.4 Å². The zero-order valence-corrected chi connectivity index (χ0v) is 18.1. The van der Waals surface area contributed by atoms with Gasteiger partial charge in [0.15, 0.2) is 0 Å². The highest BCUT2D eigenvalue weighted by atomic mass is 16.2. The minimum atomic E-state index is -0.250. The van der Waals surface area contributed by atoms with E-state index in [2.05, 4.69) is 17.1 Å². The Balaban J connectivity index is 2.26. The molecule has 0 bridgehead atoms. The van der Waals surface area contributed by atoms with E-state index < -0.39 is 0 Å². The first-order valence-electron chi connectivity index (χ1n) is 11.3. The minimum absolute atomic E-state index is 0.0396. The number of nitrogens with zero attached hydrogens (tertiary/aromatic N) is 2. The van der Waals surface area contributed by atoms with E-state index in [-0.39, 0.29) is 17.9 Å². The number of piperidine rings is 1. The first-order chi connectivity index (χ1) is 13.1. The average Bonchev–Trinajstić information content (AvgIpc) is 2.66. The molecule has 1 aliphatic rings. The van der Waals surface area contributed by atoms with Gasteiger partial charge < -0.3 is 15.1 Å². The molecule has 1 N–H and O–H groups in total. The molecule has 1 saturated heterocycles. The summed E-state index contributed by atoms with van der Waals surface area (Å²) in [5.74, 6) is 0.215. The largest absolute Gasteiger partial charge is 0.354 e. The topological polar surface area (TPSA) is 52.7 Å². The first-order valence-corrected chi connectivity index (χ1v) is 11.3. The van der Waals surface area contributed by atoms with E-state index in [1.807, 2.05) is 19.0 Å². The van der Waals surface area contributed by atoms with Gasteiger partial charge >= 0.3 is 0 Å². The van der Waals surface area contributed by atoms with Gasteiger partial charge in [0.05, 0.1) is 0 Å². The lowest BCUT2D eigenvalue weighted by Crippen LogP contribution is -2.52. The van der Waals surface area contributed by atoms with Crippen LogP contribution in [0.1, 0.15) is 90.4 Å². The summed E-state index contributed by atoms with van der Waals surface area (Å²) in [5, 5.41) is 3.03. The number of hydrogen-bond donors (Lipinski definition) is 1. The maximum absolute atomic E-state index is 12.6. The predicted octanol–water partition coefficient (Wildman–Crippen LogP) is 3.97. The molecule has 1 aliphatic heterocycles. The van der Waals surface area contributed by atoms with Crippen LogP contribution in [0.2, 0.25) is 0 Å². The van der Waals surface area contributed by atoms with Gasteiger partial charge in [0.2, 0.25) is 11.8 Å². The van der Waals surface area contributed by atoms with Crippen molar-refractivity contribution in [1.29, 1.82) is 0 Å². The molecule has 1 fully saturated rings. The lowest BCUT2D eigenvalue weighted by molar-refractivity contribution is -0.142. The van der Waals surface area contributed by atoms with E-state index in [0.29, 0.717) is 13.0 Å². The summed E-state index contributed by atoms with van der Waals surface area (Å²) in [6.45, 7) is 4.63. The van der Waals surface area contributed by atoms with Crippen molar-refractivity contribution < 1.29 is 9.59 Å². The third kappa shape index (κ3) is 10.7. The first kappa shape index (κ1) is 23.9. The van der Waals surface area contributed by atoms with Crippen LogP contribution in [0, 0.1) is 0 Å². The maximum Gasteiger partial charge on any atom is 0.242 e. The molecule has 27 heavy (non-hydrogen) atoms. The fourth-order valence-electron chi connectivity index (χ4n) is 3.78. The van der Waals surface area contributed by atoms with Crippen LogP contribution in [-0.2, 0) is 9.59 Å². The molecule has 1 atom stereocenters. The van der Waals surface area contributed by atoms with Crippen LogP contribution < -0.4 is 5.32 Å². The van der Waals surface area contributed by atoms with Gasteiger partial charge in [-0.25, -0.2) is 0 Å². The Kier molecular flexibility index (Phi) is 13.2. The van der Waals surface area contributed by atoms with Gasteiger partial charge in [-0.05, 0) is 52.7 Å². The number of nitrogens with one attached hydrogen (secondary N) is 1. The highest BCUT2D eigenvalue weighted by Crippen LogP contribution is 2.19. The Morgan fingerprint density at radius 1 is 0.963 bits per heavy atom. The standard InChI is InChI=1S/C22H43N3O2/c1-4-5-6-7-8-9-10-11-16-21(26)25-19-13-12-15-20(25)22(27)23-17-14-18-24(2)3/h20H,4-19H2,1-3H3,(H,23,27). The van der Waals surface area contributed by atoms with Crippen LogP contribution in [0.25, 0.3) is 0 Å². The van der Waals surface area contributed by atoms with Crippen molar-refractivity contribution in [2.24, 2.45) is 0 Å². The van der Waals surface area contributed by atoms with Crippen molar-refractivity contribution in [2.75, 3.05) is 33.7 Å². The molecule has 1 unspecified atom stereocenters. The van der Waals surface area contributed by atoms with Crippen molar-refractivity contribution in [3.8, 4) is 0 Å². The lowest BCUT2D eigenvalue weighted by atomic mass is 10.00. The van der Waals surface area contributed by atoms with Crippen molar-refractivity contribution in [2.45, 2.75) is 96.4 Å². The van der Waals surface area contributed by atoms with Crippen LogP contribution in [0.3, 0.4) is 0 Å². The number of carbonyl (C=O) groups is 2. The highest BCUT2D eigenvalue weighted by molar-refractivity contribution is 5.87. The van der Waals surface area contributed by atoms with Crippen LogP contribution in [0.15, 0.2) is 0 Å². The van der Waals surface area contributed by atoms with Gasteiger partial charge in [-0.2, -0.15) is 0 Å². The van der Waals surface area contributed by atoms with Crippen LogP contribution >= 0.6 is 0 Å². The van der Waals surface area contributed by atoms with Gasteiger partial charge in [-0.15, -0.1) is 0 Å². The van der Waals surface area contributed by atoms with Gasteiger partial charge in [-0.3, -0.25) is 9.59 Å². The second-order valence-corrected chi connectivity index (χ2v) is 8.27. The summed E-state index contributed by atoms with van der Waals surface area (Å²) in [5.41, 5.74) is 0. The van der Waals surface area contributed by atoms with Gasteiger partial charge in [-0.1, -0.05) is 51.9 Å². The molecule has 0 aromatic rings. The summed E-state index contributed by atoms with van der Waals surface area (Å²) < 4.78 is 0. The number of rotatable bonds is 14. The number of carbonyl (C=O) groups excluding carboxylic acids is 2. The Morgan fingerprint density at radius 2 is 1.63 bits per heavy atom. The Hall–Kier alpha value is -1.10. The van der Waals surface area contributed by atoms with Gasteiger partial charge in [0.1, 0.15) is 6.04 Å². The summed E-state index contributed by atoms with van der Waals surface area (Å²) in [6, 6.07) is -0.250. The maximum atomic E-state index is 12.6.